The smallest absolute Gasteiger partial charge is 0.337 e. The molecule has 0 aromatic heterocycles. The number of nitrogens with zero attached hydrogens (tertiary/aromatic N) is 1. The van der Waals surface area contributed by atoms with E-state index in [9.17, 15) is 14.0 Å². The number of esters is 1. The molecule has 0 atom stereocenters. The molecule has 0 saturated carbocycles. The largest absolute Gasteiger partial charge is 0.465 e. The summed E-state index contributed by atoms with van der Waals surface area (Å²) in [5.41, 5.74) is 1.16. The van der Waals surface area contributed by atoms with Crippen LogP contribution in [0.3, 0.4) is 0 Å². The Kier molecular flexibility index (Phi) is 5.85. The molecule has 0 aliphatic carbocycles. The molecule has 6 nitrogen and oxygen atoms in total. The van der Waals surface area contributed by atoms with E-state index in [-0.39, 0.29) is 5.57 Å². The molecular weight excluding hydrogens is 325 g/mol. The summed E-state index contributed by atoms with van der Waals surface area (Å²) < 4.78 is 17.4. The zero-order valence-corrected chi connectivity index (χ0v) is 13.2. The first kappa shape index (κ1) is 17.7. The Morgan fingerprint density at radius 2 is 1.68 bits per heavy atom. The fourth-order valence-electron chi connectivity index (χ4n) is 1.86. The lowest BCUT2D eigenvalue weighted by atomic mass is 10.2. The first-order valence-corrected chi connectivity index (χ1v) is 7.15. The van der Waals surface area contributed by atoms with E-state index >= 15 is 0 Å². The number of hydrogen-bond donors (Lipinski definition) is 2. The van der Waals surface area contributed by atoms with Gasteiger partial charge >= 0.3 is 5.97 Å². The number of rotatable bonds is 5. The number of nitriles is 1. The number of carbonyl (C=O) groups excluding carboxylic acids is 2. The SMILES string of the molecule is COC(=O)c1ccc(N/C=C(/C#N)C(=O)Nc2ccc(F)cc2)cc1. The second-order valence-corrected chi connectivity index (χ2v) is 4.84. The van der Waals surface area contributed by atoms with Crippen LogP contribution in [0.1, 0.15) is 10.4 Å². The number of nitrogens with one attached hydrogen (secondary N) is 2. The maximum Gasteiger partial charge on any atom is 0.337 e. The Bertz CT molecular complexity index is 837. The number of ether oxygens (including phenoxy) is 1. The van der Waals surface area contributed by atoms with E-state index in [1.165, 1.54) is 37.6 Å². The van der Waals surface area contributed by atoms with Crippen LogP contribution in [0.4, 0.5) is 15.8 Å². The van der Waals surface area contributed by atoms with Gasteiger partial charge < -0.3 is 15.4 Å². The van der Waals surface area contributed by atoms with Gasteiger partial charge in [-0.05, 0) is 48.5 Å². The van der Waals surface area contributed by atoms with Crippen LogP contribution in [0, 0.1) is 17.1 Å². The third kappa shape index (κ3) is 4.91. The van der Waals surface area contributed by atoms with E-state index in [2.05, 4.69) is 15.4 Å². The lowest BCUT2D eigenvalue weighted by Crippen LogP contribution is -2.14. The molecule has 0 bridgehead atoms. The first-order chi connectivity index (χ1) is 12.0. The zero-order valence-electron chi connectivity index (χ0n) is 13.2. The number of halogens is 1. The number of carbonyl (C=O) groups is 2. The van der Waals surface area contributed by atoms with E-state index in [4.69, 9.17) is 5.26 Å². The third-order valence-corrected chi connectivity index (χ3v) is 3.16. The van der Waals surface area contributed by atoms with Gasteiger partial charge in [0.2, 0.25) is 0 Å². The summed E-state index contributed by atoms with van der Waals surface area (Å²) in [4.78, 5) is 23.4. The van der Waals surface area contributed by atoms with Crippen LogP contribution in [0.25, 0.3) is 0 Å². The highest BCUT2D eigenvalue weighted by Gasteiger charge is 2.09. The predicted octanol–water partition coefficient (Wildman–Crippen LogP) is 3.07. The summed E-state index contributed by atoms with van der Waals surface area (Å²) in [6, 6.07) is 13.3. The van der Waals surface area contributed by atoms with Crippen molar-refractivity contribution in [3.63, 3.8) is 0 Å². The molecular formula is C18H14FN3O3. The molecule has 1 amide bonds. The maximum absolute atomic E-state index is 12.8. The number of anilines is 2. The van der Waals surface area contributed by atoms with Crippen molar-refractivity contribution < 1.29 is 18.7 Å². The summed E-state index contributed by atoms with van der Waals surface area (Å²) in [6.45, 7) is 0. The van der Waals surface area contributed by atoms with Crippen LogP contribution in [0.2, 0.25) is 0 Å². The first-order valence-electron chi connectivity index (χ1n) is 7.15. The lowest BCUT2D eigenvalue weighted by molar-refractivity contribution is -0.112. The second kappa shape index (κ2) is 8.26. The van der Waals surface area contributed by atoms with Gasteiger partial charge in [0.25, 0.3) is 5.91 Å². The minimum atomic E-state index is -0.632. The maximum atomic E-state index is 12.8. The van der Waals surface area contributed by atoms with E-state index in [0.29, 0.717) is 16.9 Å². The van der Waals surface area contributed by atoms with Gasteiger partial charge in [0.05, 0.1) is 12.7 Å². The zero-order chi connectivity index (χ0) is 18.2. The molecule has 0 unspecified atom stereocenters. The standard InChI is InChI=1S/C18H14FN3O3/c1-25-18(24)12-2-6-15(7-3-12)21-11-13(10-20)17(23)22-16-8-4-14(19)5-9-16/h2-9,11,21H,1H3,(H,22,23)/b13-11-. The van der Waals surface area contributed by atoms with Crippen molar-refractivity contribution >= 4 is 23.3 Å². The number of methoxy groups -OCH3 is 1. The van der Waals surface area contributed by atoms with Crippen molar-refractivity contribution in [2.75, 3.05) is 17.7 Å². The van der Waals surface area contributed by atoms with Crippen molar-refractivity contribution in [1.82, 2.24) is 0 Å². The Labute approximate surface area is 143 Å². The Morgan fingerprint density at radius 1 is 1.08 bits per heavy atom. The summed E-state index contributed by atoms with van der Waals surface area (Å²) in [5, 5.41) is 14.4. The fraction of sp³-hybridized carbons (Fsp3) is 0.0556. The second-order valence-electron chi connectivity index (χ2n) is 4.84. The average Bonchev–Trinajstić information content (AvgIpc) is 2.64. The number of benzene rings is 2. The highest BCUT2D eigenvalue weighted by molar-refractivity contribution is 6.06. The van der Waals surface area contributed by atoms with Gasteiger partial charge in [-0.2, -0.15) is 5.26 Å². The van der Waals surface area contributed by atoms with Crippen molar-refractivity contribution in [3.05, 3.63) is 71.7 Å². The molecule has 0 fully saturated rings. The Hall–Kier alpha value is -3.66. The summed E-state index contributed by atoms with van der Waals surface area (Å²) in [5.74, 6) is -1.52. The van der Waals surface area contributed by atoms with Crippen LogP contribution >= 0.6 is 0 Å². The van der Waals surface area contributed by atoms with Crippen LogP contribution in [-0.4, -0.2) is 19.0 Å². The van der Waals surface area contributed by atoms with Gasteiger partial charge in [-0.1, -0.05) is 0 Å². The van der Waals surface area contributed by atoms with Crippen molar-refractivity contribution in [2.24, 2.45) is 0 Å². The minimum absolute atomic E-state index is 0.165. The van der Waals surface area contributed by atoms with Gasteiger partial charge in [-0.25, -0.2) is 9.18 Å². The molecule has 7 heteroatoms. The predicted molar refractivity (Wildman–Crippen MR) is 90.1 cm³/mol. The molecule has 0 aliphatic rings. The third-order valence-electron chi connectivity index (χ3n) is 3.16. The molecule has 0 spiro atoms. The number of amides is 1. The van der Waals surface area contributed by atoms with E-state index in [0.717, 1.165) is 0 Å². The van der Waals surface area contributed by atoms with Crippen molar-refractivity contribution in [3.8, 4) is 6.07 Å². The summed E-state index contributed by atoms with van der Waals surface area (Å²) in [7, 11) is 1.29. The highest BCUT2D eigenvalue weighted by atomic mass is 19.1. The minimum Gasteiger partial charge on any atom is -0.465 e. The Morgan fingerprint density at radius 3 is 2.24 bits per heavy atom. The molecule has 2 N–H and O–H groups in total. The monoisotopic (exact) mass is 339 g/mol. The van der Waals surface area contributed by atoms with E-state index in [1.807, 2.05) is 0 Å². The normalized spacial score (nSPS) is 10.5. The topological polar surface area (TPSA) is 91.2 Å². The molecule has 2 aromatic carbocycles. The van der Waals surface area contributed by atoms with E-state index < -0.39 is 17.7 Å². The van der Waals surface area contributed by atoms with Gasteiger partial charge in [-0.3, -0.25) is 4.79 Å². The molecule has 2 rings (SSSR count). The van der Waals surface area contributed by atoms with Crippen molar-refractivity contribution in [1.29, 1.82) is 5.26 Å². The van der Waals surface area contributed by atoms with Gasteiger partial charge in [-0.15, -0.1) is 0 Å². The van der Waals surface area contributed by atoms with E-state index in [1.54, 1.807) is 30.3 Å². The van der Waals surface area contributed by atoms with Crippen LogP contribution < -0.4 is 10.6 Å². The summed E-state index contributed by atoms with van der Waals surface area (Å²) >= 11 is 0. The van der Waals surface area contributed by atoms with Crippen molar-refractivity contribution in [2.45, 2.75) is 0 Å². The Balaban J connectivity index is 2.04. The highest BCUT2D eigenvalue weighted by Crippen LogP contribution is 2.12. The van der Waals surface area contributed by atoms with Gasteiger partial charge in [0, 0.05) is 17.6 Å². The quantitative estimate of drug-likeness (QED) is 0.496. The van der Waals surface area contributed by atoms with Gasteiger partial charge in [0.15, 0.2) is 0 Å². The number of hydrogen-bond acceptors (Lipinski definition) is 5. The molecule has 0 saturated heterocycles. The van der Waals surface area contributed by atoms with Crippen LogP contribution in [-0.2, 0) is 9.53 Å². The van der Waals surface area contributed by atoms with Gasteiger partial charge in [0.1, 0.15) is 17.5 Å². The van der Waals surface area contributed by atoms with Crippen LogP contribution in [0.5, 0.6) is 0 Å². The summed E-state index contributed by atoms with van der Waals surface area (Å²) in [6.07, 6.45) is 1.24. The molecule has 0 radical (unpaired) electrons. The average molecular weight is 339 g/mol. The molecule has 2 aromatic rings. The molecule has 0 aliphatic heterocycles. The van der Waals surface area contributed by atoms with Crippen LogP contribution in [0.15, 0.2) is 60.3 Å². The molecule has 126 valence electrons. The lowest BCUT2D eigenvalue weighted by Gasteiger charge is -2.06. The molecule has 25 heavy (non-hydrogen) atoms. The molecule has 0 heterocycles. The fourth-order valence-corrected chi connectivity index (χ4v) is 1.86.